The molecule has 0 saturated heterocycles. The van der Waals surface area contributed by atoms with Crippen LogP contribution in [0.4, 0.5) is 0 Å². The minimum atomic E-state index is 0.703. The number of hydrogen-bond acceptors (Lipinski definition) is 2. The topological polar surface area (TPSA) is 26.3 Å². The summed E-state index contributed by atoms with van der Waals surface area (Å²) in [6.45, 7) is 2.00. The molecule has 2 nitrogen and oxygen atoms in total. The Labute approximate surface area is 101 Å². The molecule has 0 radical (unpaired) electrons. The van der Waals surface area contributed by atoms with Gasteiger partial charge in [0.2, 0.25) is 0 Å². The number of carbonyl (C=O) groups is 1. The van der Waals surface area contributed by atoms with E-state index in [0.717, 1.165) is 28.7 Å². The van der Waals surface area contributed by atoms with Crippen LogP contribution in [0.3, 0.4) is 0 Å². The van der Waals surface area contributed by atoms with Crippen LogP contribution < -0.4 is 4.74 Å². The van der Waals surface area contributed by atoms with Crippen LogP contribution in [0.25, 0.3) is 11.1 Å². The van der Waals surface area contributed by atoms with Crippen molar-refractivity contribution in [2.24, 2.45) is 0 Å². The van der Waals surface area contributed by atoms with Gasteiger partial charge in [0.25, 0.3) is 0 Å². The van der Waals surface area contributed by atoms with Gasteiger partial charge in [0, 0.05) is 5.56 Å². The van der Waals surface area contributed by atoms with E-state index in [1.165, 1.54) is 0 Å². The van der Waals surface area contributed by atoms with Gasteiger partial charge in [-0.1, -0.05) is 24.3 Å². The summed E-state index contributed by atoms with van der Waals surface area (Å²) >= 11 is 0. The predicted molar refractivity (Wildman–Crippen MR) is 68.6 cm³/mol. The summed E-state index contributed by atoms with van der Waals surface area (Å²) in [5.41, 5.74) is 4.01. The average Bonchev–Trinajstić information content (AvgIpc) is 2.38. The van der Waals surface area contributed by atoms with E-state index in [-0.39, 0.29) is 0 Å². The first kappa shape index (κ1) is 11.4. The van der Waals surface area contributed by atoms with E-state index in [0.29, 0.717) is 5.56 Å². The maximum absolute atomic E-state index is 10.7. The third-order valence-electron chi connectivity index (χ3n) is 2.77. The maximum Gasteiger partial charge on any atom is 0.150 e. The number of aldehydes is 1. The van der Waals surface area contributed by atoms with E-state index in [1.54, 1.807) is 7.11 Å². The van der Waals surface area contributed by atoms with Crippen molar-refractivity contribution in [1.82, 2.24) is 0 Å². The van der Waals surface area contributed by atoms with Crippen molar-refractivity contribution < 1.29 is 9.53 Å². The Hall–Kier alpha value is -2.09. The molecule has 2 aromatic rings. The first-order chi connectivity index (χ1) is 8.24. The largest absolute Gasteiger partial charge is 0.497 e. The fourth-order valence-corrected chi connectivity index (χ4v) is 1.87. The lowest BCUT2D eigenvalue weighted by atomic mass is 9.98. The van der Waals surface area contributed by atoms with Crippen LogP contribution in [0, 0.1) is 6.92 Å². The molecule has 0 unspecified atom stereocenters. The van der Waals surface area contributed by atoms with Crippen LogP contribution in [-0.2, 0) is 0 Å². The second-order valence-corrected chi connectivity index (χ2v) is 3.92. The molecule has 0 aromatic heterocycles. The molecular weight excluding hydrogens is 212 g/mol. The van der Waals surface area contributed by atoms with Crippen LogP contribution in [0.2, 0.25) is 0 Å². The number of rotatable bonds is 3. The van der Waals surface area contributed by atoms with Gasteiger partial charge >= 0.3 is 0 Å². The SMILES string of the molecule is COc1cccc(-c2ccc(C=O)cc2C)c1. The zero-order valence-electron chi connectivity index (χ0n) is 9.94. The summed E-state index contributed by atoms with van der Waals surface area (Å²) in [4.78, 5) is 10.7. The van der Waals surface area contributed by atoms with E-state index in [2.05, 4.69) is 0 Å². The summed E-state index contributed by atoms with van der Waals surface area (Å²) < 4.78 is 5.20. The Kier molecular flexibility index (Phi) is 3.24. The highest BCUT2D eigenvalue weighted by Crippen LogP contribution is 2.26. The van der Waals surface area contributed by atoms with Crippen molar-refractivity contribution in [3.63, 3.8) is 0 Å². The summed E-state index contributed by atoms with van der Waals surface area (Å²) in [6.07, 6.45) is 0.863. The van der Waals surface area contributed by atoms with E-state index in [4.69, 9.17) is 4.74 Å². The molecule has 0 aliphatic carbocycles. The van der Waals surface area contributed by atoms with Crippen LogP contribution in [0.1, 0.15) is 15.9 Å². The number of hydrogen-bond donors (Lipinski definition) is 0. The highest BCUT2D eigenvalue weighted by atomic mass is 16.5. The van der Waals surface area contributed by atoms with Crippen molar-refractivity contribution in [2.45, 2.75) is 6.92 Å². The van der Waals surface area contributed by atoms with Gasteiger partial charge in [-0.25, -0.2) is 0 Å². The van der Waals surface area contributed by atoms with Gasteiger partial charge in [0.1, 0.15) is 12.0 Å². The Balaban J connectivity index is 2.48. The fraction of sp³-hybridized carbons (Fsp3) is 0.133. The van der Waals surface area contributed by atoms with Crippen LogP contribution in [0.5, 0.6) is 5.75 Å². The highest BCUT2D eigenvalue weighted by Gasteiger charge is 2.03. The quantitative estimate of drug-likeness (QED) is 0.749. The maximum atomic E-state index is 10.7. The lowest BCUT2D eigenvalue weighted by Crippen LogP contribution is -1.88. The third kappa shape index (κ3) is 2.36. The van der Waals surface area contributed by atoms with E-state index in [1.807, 2.05) is 49.4 Å². The molecule has 17 heavy (non-hydrogen) atoms. The van der Waals surface area contributed by atoms with Gasteiger partial charge in [-0.3, -0.25) is 4.79 Å². The van der Waals surface area contributed by atoms with E-state index in [9.17, 15) is 4.79 Å². The Morgan fingerprint density at radius 1 is 1.12 bits per heavy atom. The van der Waals surface area contributed by atoms with Gasteiger partial charge < -0.3 is 4.74 Å². The molecule has 2 heteroatoms. The van der Waals surface area contributed by atoms with E-state index < -0.39 is 0 Å². The molecule has 0 N–H and O–H groups in total. The monoisotopic (exact) mass is 226 g/mol. The number of carbonyl (C=O) groups excluding carboxylic acids is 1. The molecule has 0 aliphatic rings. The fourth-order valence-electron chi connectivity index (χ4n) is 1.87. The van der Waals surface area contributed by atoms with Gasteiger partial charge in [-0.15, -0.1) is 0 Å². The van der Waals surface area contributed by atoms with Gasteiger partial charge in [0.15, 0.2) is 0 Å². The van der Waals surface area contributed by atoms with Crippen molar-refractivity contribution in [3.05, 3.63) is 53.6 Å². The summed E-state index contributed by atoms with van der Waals surface area (Å²) in [5, 5.41) is 0. The number of benzene rings is 2. The molecule has 0 amide bonds. The first-order valence-corrected chi connectivity index (χ1v) is 5.45. The minimum absolute atomic E-state index is 0.703. The molecule has 2 rings (SSSR count). The first-order valence-electron chi connectivity index (χ1n) is 5.45. The van der Waals surface area contributed by atoms with E-state index >= 15 is 0 Å². The Morgan fingerprint density at radius 2 is 1.94 bits per heavy atom. The molecule has 86 valence electrons. The molecule has 0 fully saturated rings. The molecule has 0 saturated carbocycles. The minimum Gasteiger partial charge on any atom is -0.497 e. The Morgan fingerprint density at radius 3 is 2.59 bits per heavy atom. The molecular formula is C15H14O2. The summed E-state index contributed by atoms with van der Waals surface area (Å²) in [6, 6.07) is 13.6. The van der Waals surface area contributed by atoms with Gasteiger partial charge in [-0.2, -0.15) is 0 Å². The number of methoxy groups -OCH3 is 1. The number of aryl methyl sites for hydroxylation is 1. The zero-order chi connectivity index (χ0) is 12.3. The molecule has 2 aromatic carbocycles. The van der Waals surface area contributed by atoms with Gasteiger partial charge in [0.05, 0.1) is 7.11 Å². The summed E-state index contributed by atoms with van der Waals surface area (Å²) in [7, 11) is 1.65. The highest BCUT2D eigenvalue weighted by molar-refractivity contribution is 5.78. The predicted octanol–water partition coefficient (Wildman–Crippen LogP) is 3.48. The standard InChI is InChI=1S/C15H14O2/c1-11-8-12(10-16)6-7-15(11)13-4-3-5-14(9-13)17-2/h3-10H,1-2H3. The second-order valence-electron chi connectivity index (χ2n) is 3.92. The molecule has 0 aliphatic heterocycles. The molecule has 0 spiro atoms. The van der Waals surface area contributed by atoms with Crippen molar-refractivity contribution in [1.29, 1.82) is 0 Å². The van der Waals surface area contributed by atoms with Crippen molar-refractivity contribution in [2.75, 3.05) is 7.11 Å². The number of ether oxygens (including phenoxy) is 1. The van der Waals surface area contributed by atoms with Crippen LogP contribution in [-0.4, -0.2) is 13.4 Å². The third-order valence-corrected chi connectivity index (χ3v) is 2.77. The average molecular weight is 226 g/mol. The van der Waals surface area contributed by atoms with Crippen molar-refractivity contribution >= 4 is 6.29 Å². The molecule has 0 heterocycles. The molecule has 0 atom stereocenters. The second kappa shape index (κ2) is 4.83. The van der Waals surface area contributed by atoms with Crippen LogP contribution in [0.15, 0.2) is 42.5 Å². The van der Waals surface area contributed by atoms with Gasteiger partial charge in [-0.05, 0) is 41.8 Å². The molecule has 0 bridgehead atoms. The van der Waals surface area contributed by atoms with Crippen LogP contribution >= 0.6 is 0 Å². The smallest absolute Gasteiger partial charge is 0.150 e. The zero-order valence-corrected chi connectivity index (χ0v) is 9.94. The summed E-state index contributed by atoms with van der Waals surface area (Å²) in [5.74, 6) is 0.835. The lowest BCUT2D eigenvalue weighted by Gasteiger charge is -2.08. The lowest BCUT2D eigenvalue weighted by molar-refractivity contribution is 0.112. The van der Waals surface area contributed by atoms with Crippen molar-refractivity contribution in [3.8, 4) is 16.9 Å². The normalized spacial score (nSPS) is 10.0. The Bertz CT molecular complexity index is 544.